The molecule has 2 rings (SSSR count). The van der Waals surface area contributed by atoms with E-state index in [0.717, 1.165) is 4.90 Å². The molecule has 0 aromatic heterocycles. The summed E-state index contributed by atoms with van der Waals surface area (Å²) in [5, 5.41) is 11.8. The van der Waals surface area contributed by atoms with Crippen LogP contribution in [0.15, 0.2) is 12.2 Å². The molecular formula is C16H21N3O3. The molecule has 0 aromatic carbocycles. The van der Waals surface area contributed by atoms with Gasteiger partial charge in [0.15, 0.2) is 0 Å². The Labute approximate surface area is 130 Å². The van der Waals surface area contributed by atoms with Crippen molar-refractivity contribution >= 4 is 17.7 Å². The largest absolute Gasteiger partial charge is 0.336 e. The van der Waals surface area contributed by atoms with Gasteiger partial charge in [0, 0.05) is 0 Å². The minimum absolute atomic E-state index is 0.0850. The lowest BCUT2D eigenvalue weighted by Crippen LogP contribution is -2.52. The average molecular weight is 303 g/mol. The molecule has 0 saturated carbocycles. The number of nitrogens with one attached hydrogen (secondary N) is 1. The van der Waals surface area contributed by atoms with Gasteiger partial charge in [0.25, 0.3) is 0 Å². The van der Waals surface area contributed by atoms with Gasteiger partial charge in [0.05, 0.1) is 17.9 Å². The quantitative estimate of drug-likeness (QED) is 0.619. The van der Waals surface area contributed by atoms with Crippen molar-refractivity contribution < 1.29 is 14.4 Å². The number of nitriles is 1. The first-order valence-electron chi connectivity index (χ1n) is 7.52. The van der Waals surface area contributed by atoms with Crippen LogP contribution in [-0.2, 0) is 14.4 Å². The summed E-state index contributed by atoms with van der Waals surface area (Å²) in [5.41, 5.74) is -1.02. The summed E-state index contributed by atoms with van der Waals surface area (Å²) in [6.45, 7) is 4.98. The standard InChI is InChI=1S/C16H21N3O3/c1-10(2)16(3,9-17)18-13(20)8-19-14(21)11-6-4-5-7-12(11)15(19)22/h4-5,10-12H,6-8H2,1-3H3,(H,18,20)/t11-,12+,16-/m0/s1. The van der Waals surface area contributed by atoms with Crippen molar-refractivity contribution in [1.82, 2.24) is 10.2 Å². The molecule has 2 aliphatic rings. The summed E-state index contributed by atoms with van der Waals surface area (Å²) in [4.78, 5) is 37.7. The molecule has 118 valence electrons. The van der Waals surface area contributed by atoms with E-state index in [0.29, 0.717) is 12.8 Å². The number of fused-ring (bicyclic) bond motifs is 1. The van der Waals surface area contributed by atoms with Gasteiger partial charge in [-0.3, -0.25) is 19.3 Å². The van der Waals surface area contributed by atoms with Gasteiger partial charge < -0.3 is 5.32 Å². The van der Waals surface area contributed by atoms with E-state index >= 15 is 0 Å². The maximum atomic E-state index is 12.3. The number of hydrogen-bond acceptors (Lipinski definition) is 4. The van der Waals surface area contributed by atoms with Crippen LogP contribution >= 0.6 is 0 Å². The first-order valence-corrected chi connectivity index (χ1v) is 7.52. The number of likely N-dealkylation sites (tertiary alicyclic amines) is 1. The summed E-state index contributed by atoms with van der Waals surface area (Å²) in [6, 6.07) is 2.08. The van der Waals surface area contributed by atoms with E-state index in [1.165, 1.54) is 0 Å². The van der Waals surface area contributed by atoms with Crippen LogP contribution in [-0.4, -0.2) is 34.7 Å². The summed E-state index contributed by atoms with van der Waals surface area (Å²) >= 11 is 0. The average Bonchev–Trinajstić information content (AvgIpc) is 2.72. The van der Waals surface area contributed by atoms with Crippen molar-refractivity contribution in [3.05, 3.63) is 12.2 Å². The smallest absolute Gasteiger partial charge is 0.241 e. The maximum absolute atomic E-state index is 12.3. The van der Waals surface area contributed by atoms with Crippen LogP contribution in [0.2, 0.25) is 0 Å². The van der Waals surface area contributed by atoms with Crippen LogP contribution in [0.5, 0.6) is 0 Å². The van der Waals surface area contributed by atoms with E-state index in [1.54, 1.807) is 6.92 Å². The second-order valence-electron chi connectivity index (χ2n) is 6.44. The van der Waals surface area contributed by atoms with Gasteiger partial charge in [-0.15, -0.1) is 0 Å². The van der Waals surface area contributed by atoms with Crippen molar-refractivity contribution in [2.45, 2.75) is 39.2 Å². The van der Waals surface area contributed by atoms with Crippen LogP contribution < -0.4 is 5.32 Å². The number of nitrogens with zero attached hydrogens (tertiary/aromatic N) is 2. The molecule has 3 atom stereocenters. The molecule has 6 heteroatoms. The van der Waals surface area contributed by atoms with E-state index in [-0.39, 0.29) is 36.1 Å². The highest BCUT2D eigenvalue weighted by Gasteiger charge is 2.48. The van der Waals surface area contributed by atoms with Gasteiger partial charge in [-0.2, -0.15) is 5.26 Å². The van der Waals surface area contributed by atoms with Crippen molar-refractivity contribution in [3.63, 3.8) is 0 Å². The molecule has 0 spiro atoms. The van der Waals surface area contributed by atoms with E-state index in [9.17, 15) is 19.6 Å². The molecule has 1 N–H and O–H groups in total. The van der Waals surface area contributed by atoms with E-state index in [4.69, 9.17) is 0 Å². The zero-order valence-corrected chi connectivity index (χ0v) is 13.1. The fourth-order valence-corrected chi connectivity index (χ4v) is 2.80. The molecule has 22 heavy (non-hydrogen) atoms. The number of imide groups is 1. The van der Waals surface area contributed by atoms with Gasteiger partial charge >= 0.3 is 0 Å². The Bertz CT molecular complexity index is 550. The monoisotopic (exact) mass is 303 g/mol. The Morgan fingerprint density at radius 1 is 1.36 bits per heavy atom. The fraction of sp³-hybridized carbons (Fsp3) is 0.625. The summed E-state index contributed by atoms with van der Waals surface area (Å²) < 4.78 is 0. The molecule has 1 aliphatic carbocycles. The molecule has 0 bridgehead atoms. The summed E-state index contributed by atoms with van der Waals surface area (Å²) in [6.07, 6.45) is 4.91. The Morgan fingerprint density at radius 2 is 1.86 bits per heavy atom. The second kappa shape index (κ2) is 5.91. The lowest BCUT2D eigenvalue weighted by molar-refractivity contribution is -0.144. The molecule has 0 radical (unpaired) electrons. The normalized spacial score (nSPS) is 26.6. The molecule has 1 heterocycles. The number of carbonyl (C=O) groups excluding carboxylic acids is 3. The van der Waals surface area contributed by atoms with E-state index in [1.807, 2.05) is 26.0 Å². The number of carbonyl (C=O) groups is 3. The van der Waals surface area contributed by atoms with Gasteiger partial charge in [0.2, 0.25) is 17.7 Å². The molecule has 0 unspecified atom stereocenters. The highest BCUT2D eigenvalue weighted by atomic mass is 16.2. The van der Waals surface area contributed by atoms with Crippen LogP contribution in [0.1, 0.15) is 33.6 Å². The highest BCUT2D eigenvalue weighted by Crippen LogP contribution is 2.34. The molecule has 0 aromatic rings. The minimum atomic E-state index is -1.02. The molecule has 3 amide bonds. The van der Waals surface area contributed by atoms with Crippen LogP contribution in [0.3, 0.4) is 0 Å². The third-order valence-corrected chi connectivity index (χ3v) is 4.69. The first-order chi connectivity index (χ1) is 10.3. The van der Waals surface area contributed by atoms with Crippen LogP contribution in [0.4, 0.5) is 0 Å². The number of allylic oxidation sites excluding steroid dienone is 2. The van der Waals surface area contributed by atoms with Gasteiger partial charge in [-0.25, -0.2) is 0 Å². The van der Waals surface area contributed by atoms with Crippen LogP contribution in [0, 0.1) is 29.1 Å². The minimum Gasteiger partial charge on any atom is -0.336 e. The Hall–Kier alpha value is -2.16. The number of amides is 3. The molecule has 1 saturated heterocycles. The van der Waals surface area contributed by atoms with Gasteiger partial charge in [-0.05, 0) is 25.7 Å². The lowest BCUT2D eigenvalue weighted by atomic mass is 9.85. The first kappa shape index (κ1) is 16.2. The summed E-state index contributed by atoms with van der Waals surface area (Å²) in [7, 11) is 0. The molecule has 1 fully saturated rings. The molecule has 6 nitrogen and oxygen atoms in total. The van der Waals surface area contributed by atoms with E-state index < -0.39 is 11.4 Å². The van der Waals surface area contributed by atoms with Crippen LogP contribution in [0.25, 0.3) is 0 Å². The lowest BCUT2D eigenvalue weighted by Gasteiger charge is -2.28. The predicted molar refractivity (Wildman–Crippen MR) is 79.1 cm³/mol. The Morgan fingerprint density at radius 3 is 2.27 bits per heavy atom. The second-order valence-corrected chi connectivity index (χ2v) is 6.44. The number of rotatable bonds is 4. The number of hydrogen-bond donors (Lipinski definition) is 1. The van der Waals surface area contributed by atoms with Gasteiger partial charge in [0.1, 0.15) is 12.1 Å². The Kier molecular flexibility index (Phi) is 4.36. The fourth-order valence-electron chi connectivity index (χ4n) is 2.80. The SMILES string of the molecule is CC(C)[C@](C)(C#N)NC(=O)CN1C(=O)[C@H]2CC=CC[C@H]2C1=O. The third kappa shape index (κ3) is 2.76. The topological polar surface area (TPSA) is 90.3 Å². The zero-order chi connectivity index (χ0) is 16.5. The maximum Gasteiger partial charge on any atom is 0.241 e. The van der Waals surface area contributed by atoms with Gasteiger partial charge in [-0.1, -0.05) is 26.0 Å². The molecule has 1 aliphatic heterocycles. The molecular weight excluding hydrogens is 282 g/mol. The summed E-state index contributed by atoms with van der Waals surface area (Å²) in [5.74, 6) is -1.80. The van der Waals surface area contributed by atoms with Crippen molar-refractivity contribution in [1.29, 1.82) is 5.26 Å². The Balaban J connectivity index is 2.05. The predicted octanol–water partition coefficient (Wildman–Crippen LogP) is 0.992. The highest BCUT2D eigenvalue weighted by molar-refractivity contribution is 6.07. The third-order valence-electron chi connectivity index (χ3n) is 4.69. The van der Waals surface area contributed by atoms with Crippen molar-refractivity contribution in [3.8, 4) is 6.07 Å². The zero-order valence-electron chi connectivity index (χ0n) is 13.1. The van der Waals surface area contributed by atoms with E-state index in [2.05, 4.69) is 11.4 Å². The van der Waals surface area contributed by atoms with Crippen molar-refractivity contribution in [2.75, 3.05) is 6.54 Å². The van der Waals surface area contributed by atoms with Crippen molar-refractivity contribution in [2.24, 2.45) is 17.8 Å².